The molecule has 0 fully saturated rings. The summed E-state index contributed by atoms with van der Waals surface area (Å²) in [6.45, 7) is 2.58. The Bertz CT molecular complexity index is 1180. The standard InChI is InChI=1S/C23H18BrN3O2S/c1-2-29-17-11-5-14(6-12-17)20-19-21(26-25-20)23(28)27(16-9-7-15(24)8-10-16)22(19)18-4-3-13-30-18/h3-13,22H,2H2,1H3,(H,25,26). The van der Waals surface area contributed by atoms with E-state index < -0.39 is 0 Å². The van der Waals surface area contributed by atoms with Crippen molar-refractivity contribution in [2.75, 3.05) is 11.5 Å². The number of hydrogen-bond acceptors (Lipinski definition) is 4. The molecule has 2 aromatic carbocycles. The van der Waals surface area contributed by atoms with Crippen LogP contribution in [0.15, 0.2) is 70.5 Å². The molecule has 7 heteroatoms. The van der Waals surface area contributed by atoms with Crippen molar-refractivity contribution in [1.82, 2.24) is 10.2 Å². The van der Waals surface area contributed by atoms with Crippen molar-refractivity contribution in [2.24, 2.45) is 0 Å². The molecule has 150 valence electrons. The number of amides is 1. The molecule has 0 saturated heterocycles. The van der Waals surface area contributed by atoms with Crippen LogP contribution in [0.3, 0.4) is 0 Å². The zero-order valence-corrected chi connectivity index (χ0v) is 18.5. The molecular formula is C23H18BrN3O2S. The molecule has 0 radical (unpaired) electrons. The Morgan fingerprint density at radius 2 is 1.90 bits per heavy atom. The van der Waals surface area contributed by atoms with E-state index in [2.05, 4.69) is 32.2 Å². The number of rotatable bonds is 5. The van der Waals surface area contributed by atoms with Crippen molar-refractivity contribution in [2.45, 2.75) is 13.0 Å². The normalized spacial score (nSPS) is 15.5. The summed E-state index contributed by atoms with van der Waals surface area (Å²) in [5.74, 6) is 0.742. The number of anilines is 1. The van der Waals surface area contributed by atoms with Gasteiger partial charge < -0.3 is 4.74 Å². The van der Waals surface area contributed by atoms with E-state index in [4.69, 9.17) is 4.74 Å². The number of aromatic nitrogens is 2. The van der Waals surface area contributed by atoms with Crippen molar-refractivity contribution < 1.29 is 9.53 Å². The van der Waals surface area contributed by atoms with Crippen molar-refractivity contribution in [3.05, 3.63) is 86.7 Å². The fourth-order valence-electron chi connectivity index (χ4n) is 3.83. The third-order valence-corrected chi connectivity index (χ3v) is 6.58. The minimum Gasteiger partial charge on any atom is -0.494 e. The van der Waals surface area contributed by atoms with Gasteiger partial charge in [0.05, 0.1) is 12.3 Å². The van der Waals surface area contributed by atoms with E-state index in [-0.39, 0.29) is 11.9 Å². The van der Waals surface area contributed by atoms with Crippen molar-refractivity contribution in [3.8, 4) is 17.0 Å². The van der Waals surface area contributed by atoms with E-state index in [1.807, 2.05) is 71.8 Å². The van der Waals surface area contributed by atoms with Crippen LogP contribution in [0.4, 0.5) is 5.69 Å². The van der Waals surface area contributed by atoms with Gasteiger partial charge in [-0.15, -0.1) is 11.3 Å². The Labute approximate surface area is 186 Å². The lowest BCUT2D eigenvalue weighted by Crippen LogP contribution is -2.28. The quantitative estimate of drug-likeness (QED) is 0.379. The van der Waals surface area contributed by atoms with Crippen LogP contribution in [-0.4, -0.2) is 22.7 Å². The highest BCUT2D eigenvalue weighted by Gasteiger charge is 2.43. The number of halogens is 1. The number of nitrogens with one attached hydrogen (secondary N) is 1. The summed E-state index contributed by atoms with van der Waals surface area (Å²) in [6, 6.07) is 19.5. The molecule has 1 aliphatic heterocycles. The van der Waals surface area contributed by atoms with Gasteiger partial charge in [-0.05, 0) is 66.9 Å². The minimum absolute atomic E-state index is 0.0737. The van der Waals surface area contributed by atoms with Crippen LogP contribution in [0.5, 0.6) is 5.75 Å². The number of thiophene rings is 1. The van der Waals surface area contributed by atoms with Gasteiger partial charge in [-0.2, -0.15) is 5.10 Å². The number of H-pyrrole nitrogens is 1. The number of aromatic amines is 1. The highest BCUT2D eigenvalue weighted by atomic mass is 79.9. The Morgan fingerprint density at radius 1 is 1.13 bits per heavy atom. The number of benzene rings is 2. The van der Waals surface area contributed by atoms with E-state index >= 15 is 0 Å². The van der Waals surface area contributed by atoms with E-state index in [1.54, 1.807) is 11.3 Å². The zero-order chi connectivity index (χ0) is 20.7. The number of hydrogen-bond donors (Lipinski definition) is 1. The lowest BCUT2D eigenvalue weighted by atomic mass is 10.0. The predicted molar refractivity (Wildman–Crippen MR) is 122 cm³/mol. The largest absolute Gasteiger partial charge is 0.494 e. The van der Waals surface area contributed by atoms with Crippen molar-refractivity contribution in [3.63, 3.8) is 0 Å². The summed E-state index contributed by atoms with van der Waals surface area (Å²) >= 11 is 5.11. The lowest BCUT2D eigenvalue weighted by Gasteiger charge is -2.25. The molecule has 2 aromatic heterocycles. The second kappa shape index (κ2) is 7.74. The molecule has 3 heterocycles. The topological polar surface area (TPSA) is 58.2 Å². The fraction of sp³-hybridized carbons (Fsp3) is 0.130. The van der Waals surface area contributed by atoms with Gasteiger partial charge in [0.2, 0.25) is 0 Å². The Morgan fingerprint density at radius 3 is 2.57 bits per heavy atom. The summed E-state index contributed by atoms with van der Waals surface area (Å²) in [6.07, 6.45) is 0. The van der Waals surface area contributed by atoms with Gasteiger partial charge >= 0.3 is 0 Å². The monoisotopic (exact) mass is 479 g/mol. The van der Waals surface area contributed by atoms with E-state index in [0.29, 0.717) is 12.3 Å². The molecule has 5 rings (SSSR count). The first kappa shape index (κ1) is 19.1. The average molecular weight is 480 g/mol. The highest BCUT2D eigenvalue weighted by Crippen LogP contribution is 2.46. The van der Waals surface area contributed by atoms with E-state index in [9.17, 15) is 4.79 Å². The molecule has 5 nitrogen and oxygen atoms in total. The smallest absolute Gasteiger partial charge is 0.277 e. The van der Waals surface area contributed by atoms with Gasteiger partial charge in [0, 0.05) is 26.2 Å². The van der Waals surface area contributed by atoms with Gasteiger partial charge in [0.25, 0.3) is 5.91 Å². The molecular weight excluding hydrogens is 462 g/mol. The zero-order valence-electron chi connectivity index (χ0n) is 16.1. The molecule has 0 saturated carbocycles. The number of nitrogens with zero attached hydrogens (tertiary/aromatic N) is 2. The van der Waals surface area contributed by atoms with Crippen molar-refractivity contribution in [1.29, 1.82) is 0 Å². The van der Waals surface area contributed by atoms with Crippen LogP contribution in [0.2, 0.25) is 0 Å². The summed E-state index contributed by atoms with van der Waals surface area (Å²) in [5, 5.41) is 9.56. The second-order valence-corrected chi connectivity index (χ2v) is 8.78. The van der Waals surface area contributed by atoms with Gasteiger partial charge in [0.15, 0.2) is 0 Å². The van der Waals surface area contributed by atoms with Gasteiger partial charge in [-0.25, -0.2) is 0 Å². The summed E-state index contributed by atoms with van der Waals surface area (Å²) < 4.78 is 6.53. The highest BCUT2D eigenvalue weighted by molar-refractivity contribution is 9.10. The van der Waals surface area contributed by atoms with E-state index in [0.717, 1.165) is 37.6 Å². The SMILES string of the molecule is CCOc1ccc(-c2n[nH]c3c2C(c2cccs2)N(c2ccc(Br)cc2)C3=O)cc1. The molecule has 1 unspecified atom stereocenters. The third kappa shape index (κ3) is 3.14. The van der Waals surface area contributed by atoms with Crippen LogP contribution in [0.25, 0.3) is 11.3 Å². The number of carbonyl (C=O) groups excluding carboxylic acids is 1. The average Bonchev–Trinajstić information content (AvgIpc) is 3.48. The van der Waals surface area contributed by atoms with Gasteiger partial charge in [0.1, 0.15) is 17.5 Å². The lowest BCUT2D eigenvalue weighted by molar-refractivity contribution is 0.0989. The minimum atomic E-state index is -0.228. The molecule has 1 atom stereocenters. The number of carbonyl (C=O) groups is 1. The summed E-state index contributed by atoms with van der Waals surface area (Å²) in [5.41, 5.74) is 4.04. The van der Waals surface area contributed by atoms with Crippen molar-refractivity contribution >= 4 is 38.9 Å². The maximum absolute atomic E-state index is 13.4. The third-order valence-electron chi connectivity index (χ3n) is 5.12. The Hall–Kier alpha value is -2.90. The molecule has 1 amide bonds. The summed E-state index contributed by atoms with van der Waals surface area (Å²) in [7, 11) is 0. The first-order chi connectivity index (χ1) is 14.7. The van der Waals surface area contributed by atoms with E-state index in [1.165, 1.54) is 0 Å². The Kier molecular flexibility index (Phi) is 4.92. The molecule has 0 spiro atoms. The van der Waals surface area contributed by atoms with Crippen LogP contribution in [0, 0.1) is 0 Å². The molecule has 1 N–H and O–H groups in total. The van der Waals surface area contributed by atoms with Gasteiger partial charge in [-0.3, -0.25) is 14.8 Å². The van der Waals surface area contributed by atoms with Crippen LogP contribution >= 0.6 is 27.3 Å². The number of fused-ring (bicyclic) bond motifs is 1. The first-order valence-corrected chi connectivity index (χ1v) is 11.3. The molecule has 0 bridgehead atoms. The van der Waals surface area contributed by atoms with Crippen LogP contribution < -0.4 is 9.64 Å². The number of ether oxygens (including phenoxy) is 1. The predicted octanol–water partition coefficient (Wildman–Crippen LogP) is 6.05. The second-order valence-electron chi connectivity index (χ2n) is 6.89. The van der Waals surface area contributed by atoms with Gasteiger partial charge in [-0.1, -0.05) is 22.0 Å². The molecule has 4 aromatic rings. The fourth-order valence-corrected chi connectivity index (χ4v) is 4.91. The van der Waals surface area contributed by atoms with Crippen LogP contribution in [-0.2, 0) is 0 Å². The first-order valence-electron chi connectivity index (χ1n) is 9.61. The molecule has 0 aliphatic carbocycles. The maximum Gasteiger partial charge on any atom is 0.277 e. The summed E-state index contributed by atoms with van der Waals surface area (Å²) in [4.78, 5) is 16.3. The maximum atomic E-state index is 13.4. The van der Waals surface area contributed by atoms with Crippen LogP contribution in [0.1, 0.15) is 33.9 Å². The molecule has 30 heavy (non-hydrogen) atoms. The molecule has 1 aliphatic rings. The Balaban J connectivity index is 1.64.